The highest BCUT2D eigenvalue weighted by Crippen LogP contribution is 2.31. The number of nitrogens with one attached hydrogen (secondary N) is 2. The van der Waals surface area contributed by atoms with Gasteiger partial charge in [0.25, 0.3) is 5.56 Å². The Hall–Kier alpha value is -3.26. The summed E-state index contributed by atoms with van der Waals surface area (Å²) in [5.41, 5.74) is 5.21. The van der Waals surface area contributed by atoms with E-state index < -0.39 is 5.95 Å². The van der Waals surface area contributed by atoms with E-state index in [9.17, 15) is 9.18 Å². The van der Waals surface area contributed by atoms with Crippen LogP contribution in [0.3, 0.4) is 0 Å². The first-order valence-electron chi connectivity index (χ1n) is 10.9. The standard InChI is InChI=1S/C23H26FN5O.CH2O/c1-15-12-16(13-18-21(15)22-17(23(30)26-18)4-3-7-25-22)14-28-8-10-29(11-9-28)20-6-2-5-19(24)27-20;1-2/h2,5-6,12-13,25H,3-4,7-11,14H2,1H3,(H,26,30);1H2. The minimum atomic E-state index is -0.438. The van der Waals surface area contributed by atoms with Gasteiger partial charge in [-0.15, -0.1) is 0 Å². The highest BCUT2D eigenvalue weighted by atomic mass is 19.1. The van der Waals surface area contributed by atoms with E-state index in [-0.39, 0.29) is 5.56 Å². The zero-order valence-corrected chi connectivity index (χ0v) is 18.3. The second kappa shape index (κ2) is 9.48. The molecular formula is C24H28FN5O2. The molecule has 8 heteroatoms. The first-order valence-corrected chi connectivity index (χ1v) is 10.9. The van der Waals surface area contributed by atoms with Crippen molar-refractivity contribution in [2.75, 3.05) is 42.9 Å². The van der Waals surface area contributed by atoms with Crippen LogP contribution in [0.25, 0.3) is 10.9 Å². The van der Waals surface area contributed by atoms with Gasteiger partial charge in [-0.25, -0.2) is 4.98 Å². The predicted octanol–water partition coefficient (Wildman–Crippen LogP) is 2.87. The number of benzene rings is 1. The topological polar surface area (TPSA) is 81.3 Å². The Labute approximate surface area is 186 Å². The molecule has 0 spiro atoms. The zero-order valence-electron chi connectivity index (χ0n) is 18.3. The molecule has 2 aliphatic heterocycles. The van der Waals surface area contributed by atoms with Crippen LogP contribution in [0, 0.1) is 12.9 Å². The number of pyridine rings is 2. The van der Waals surface area contributed by atoms with Gasteiger partial charge in [-0.3, -0.25) is 9.69 Å². The van der Waals surface area contributed by atoms with Crippen molar-refractivity contribution in [3.8, 4) is 0 Å². The largest absolute Gasteiger partial charge is 0.384 e. The third-order valence-corrected chi connectivity index (χ3v) is 6.18. The van der Waals surface area contributed by atoms with Crippen molar-refractivity contribution in [3.63, 3.8) is 0 Å². The lowest BCUT2D eigenvalue weighted by Crippen LogP contribution is -2.46. The van der Waals surface area contributed by atoms with Gasteiger partial charge >= 0.3 is 0 Å². The van der Waals surface area contributed by atoms with E-state index in [0.717, 1.165) is 74.3 Å². The van der Waals surface area contributed by atoms with Gasteiger partial charge in [0.1, 0.15) is 12.6 Å². The molecule has 7 nitrogen and oxygen atoms in total. The number of aryl methyl sites for hydroxylation is 1. The van der Waals surface area contributed by atoms with Gasteiger partial charge in [-0.2, -0.15) is 4.39 Å². The normalized spacial score (nSPS) is 16.1. The summed E-state index contributed by atoms with van der Waals surface area (Å²) >= 11 is 0. The Morgan fingerprint density at radius 2 is 1.94 bits per heavy atom. The fourth-order valence-corrected chi connectivity index (χ4v) is 4.72. The summed E-state index contributed by atoms with van der Waals surface area (Å²) in [5.74, 6) is 0.262. The number of carbonyl (C=O) groups is 1. The molecule has 168 valence electrons. The van der Waals surface area contributed by atoms with Crippen LogP contribution >= 0.6 is 0 Å². The molecule has 0 atom stereocenters. The quantitative estimate of drug-likeness (QED) is 0.614. The number of hydrogen-bond donors (Lipinski definition) is 2. The third kappa shape index (κ3) is 4.36. The van der Waals surface area contributed by atoms with E-state index in [1.54, 1.807) is 6.07 Å². The molecule has 0 bridgehead atoms. The maximum Gasteiger partial charge on any atom is 0.253 e. The number of halogens is 1. The van der Waals surface area contributed by atoms with Gasteiger partial charge in [-0.05, 0) is 49.1 Å². The average molecular weight is 438 g/mol. The number of anilines is 2. The van der Waals surface area contributed by atoms with Crippen molar-refractivity contribution in [1.29, 1.82) is 0 Å². The van der Waals surface area contributed by atoms with E-state index in [1.165, 1.54) is 17.2 Å². The van der Waals surface area contributed by atoms with Gasteiger partial charge in [0, 0.05) is 50.2 Å². The van der Waals surface area contributed by atoms with Gasteiger partial charge in [0.05, 0.1) is 11.2 Å². The fraction of sp³-hybridized carbons (Fsp3) is 0.375. The lowest BCUT2D eigenvalue weighted by molar-refractivity contribution is -0.0979. The summed E-state index contributed by atoms with van der Waals surface area (Å²) in [7, 11) is 0. The van der Waals surface area contributed by atoms with E-state index in [2.05, 4.69) is 44.1 Å². The highest BCUT2D eigenvalue weighted by molar-refractivity contribution is 5.96. The Morgan fingerprint density at radius 1 is 1.16 bits per heavy atom. The molecule has 5 rings (SSSR count). The van der Waals surface area contributed by atoms with Crippen LogP contribution < -0.4 is 15.8 Å². The molecule has 1 saturated heterocycles. The Kier molecular flexibility index (Phi) is 6.50. The van der Waals surface area contributed by atoms with E-state index >= 15 is 0 Å². The number of fused-ring (bicyclic) bond motifs is 3. The molecule has 0 aliphatic carbocycles. The molecule has 0 unspecified atom stereocenters. The molecule has 0 radical (unpaired) electrons. The Balaban J connectivity index is 0.00000119. The average Bonchev–Trinajstić information content (AvgIpc) is 2.81. The minimum absolute atomic E-state index is 0.0254. The second-order valence-electron chi connectivity index (χ2n) is 8.25. The summed E-state index contributed by atoms with van der Waals surface area (Å²) in [6.45, 7) is 9.27. The molecule has 2 N–H and O–H groups in total. The first-order chi connectivity index (χ1) is 15.6. The number of nitrogens with zero attached hydrogens (tertiary/aromatic N) is 3. The predicted molar refractivity (Wildman–Crippen MR) is 125 cm³/mol. The smallest absolute Gasteiger partial charge is 0.253 e. The highest BCUT2D eigenvalue weighted by Gasteiger charge is 2.21. The van der Waals surface area contributed by atoms with Crippen LogP contribution in [0.5, 0.6) is 0 Å². The molecule has 4 heterocycles. The Morgan fingerprint density at radius 3 is 2.69 bits per heavy atom. The van der Waals surface area contributed by atoms with Gasteiger partial charge in [0.2, 0.25) is 5.95 Å². The minimum Gasteiger partial charge on any atom is -0.384 e. The molecule has 0 saturated carbocycles. The van der Waals surface area contributed by atoms with Gasteiger partial charge in [-0.1, -0.05) is 12.1 Å². The number of piperazine rings is 1. The van der Waals surface area contributed by atoms with Crippen molar-refractivity contribution < 1.29 is 9.18 Å². The van der Waals surface area contributed by atoms with Crippen molar-refractivity contribution in [2.24, 2.45) is 0 Å². The number of aromatic amines is 1. The van der Waals surface area contributed by atoms with E-state index in [4.69, 9.17) is 4.79 Å². The summed E-state index contributed by atoms with van der Waals surface area (Å²) < 4.78 is 13.4. The van der Waals surface area contributed by atoms with Crippen LogP contribution in [0.1, 0.15) is 23.1 Å². The third-order valence-electron chi connectivity index (χ3n) is 6.18. The number of hydrogen-bond acceptors (Lipinski definition) is 6. The molecule has 2 aliphatic rings. The summed E-state index contributed by atoms with van der Waals surface area (Å²) in [5, 5.41) is 4.58. The lowest BCUT2D eigenvalue weighted by atomic mass is 9.97. The molecule has 32 heavy (non-hydrogen) atoms. The monoisotopic (exact) mass is 437 g/mol. The molecule has 1 aromatic carbocycles. The van der Waals surface area contributed by atoms with Gasteiger partial charge in [0.15, 0.2) is 0 Å². The molecule has 3 aromatic rings. The first kappa shape index (κ1) is 22.0. The number of H-pyrrole nitrogens is 1. The molecular weight excluding hydrogens is 409 g/mol. The maximum atomic E-state index is 13.4. The maximum absolute atomic E-state index is 13.4. The second-order valence-corrected chi connectivity index (χ2v) is 8.25. The lowest BCUT2D eigenvalue weighted by Gasteiger charge is -2.35. The van der Waals surface area contributed by atoms with Crippen LogP contribution in [0.4, 0.5) is 15.9 Å². The van der Waals surface area contributed by atoms with Crippen LogP contribution in [-0.2, 0) is 17.8 Å². The van der Waals surface area contributed by atoms with Crippen molar-refractivity contribution >= 4 is 29.2 Å². The molecule has 2 aromatic heterocycles. The summed E-state index contributed by atoms with van der Waals surface area (Å²) in [6, 6.07) is 9.28. The number of aromatic nitrogens is 2. The van der Waals surface area contributed by atoms with E-state index in [1.807, 2.05) is 12.9 Å². The van der Waals surface area contributed by atoms with Gasteiger partial charge < -0.3 is 20.0 Å². The SMILES string of the molecule is C=O.Cc1cc(CN2CCN(c3cccc(F)n3)CC2)cc2[nH]c(=O)c3c(c12)NCCC3. The Bertz CT molecular complexity index is 1170. The molecule has 0 amide bonds. The van der Waals surface area contributed by atoms with Crippen molar-refractivity contribution in [3.05, 3.63) is 63.3 Å². The van der Waals surface area contributed by atoms with Crippen molar-refractivity contribution in [2.45, 2.75) is 26.3 Å². The van der Waals surface area contributed by atoms with E-state index in [0.29, 0.717) is 5.82 Å². The van der Waals surface area contributed by atoms with Crippen LogP contribution in [0.15, 0.2) is 35.1 Å². The van der Waals surface area contributed by atoms with Crippen LogP contribution in [-0.4, -0.2) is 54.4 Å². The van der Waals surface area contributed by atoms with Crippen LogP contribution in [0.2, 0.25) is 0 Å². The van der Waals surface area contributed by atoms with Crippen molar-refractivity contribution in [1.82, 2.24) is 14.9 Å². The zero-order chi connectivity index (χ0) is 22.7. The molecule has 1 fully saturated rings. The number of rotatable bonds is 3. The number of carbonyl (C=O) groups excluding carboxylic acids is 1. The fourth-order valence-electron chi connectivity index (χ4n) is 4.72. The summed E-state index contributed by atoms with van der Waals surface area (Å²) in [4.78, 5) is 32.2. The summed E-state index contributed by atoms with van der Waals surface area (Å²) in [6.07, 6.45) is 1.83.